The Balaban J connectivity index is 2.14. The third-order valence-electron chi connectivity index (χ3n) is 2.62. The Kier molecular flexibility index (Phi) is 4.50. The van der Waals surface area contributed by atoms with Gasteiger partial charge in [0, 0.05) is 0 Å². The first kappa shape index (κ1) is 14.5. The molecule has 0 radical (unpaired) electrons. The fourth-order valence-corrected chi connectivity index (χ4v) is 1.57. The van der Waals surface area contributed by atoms with Crippen LogP contribution in [0.2, 0.25) is 0 Å². The first-order valence-corrected chi connectivity index (χ1v) is 6.05. The van der Waals surface area contributed by atoms with Crippen LogP contribution in [0.5, 0.6) is 11.5 Å². The number of nitrogens with zero attached hydrogens (tertiary/aromatic N) is 1. The minimum atomic E-state index is -0.661. The molecule has 1 aromatic carbocycles. The molecule has 6 nitrogen and oxygen atoms in total. The number of hydrogen-bond acceptors (Lipinski definition) is 6. The van der Waals surface area contributed by atoms with Crippen molar-refractivity contribution in [1.29, 1.82) is 0 Å². The van der Waals surface area contributed by atoms with E-state index in [9.17, 15) is 9.59 Å². The fraction of sp³-hybridized carbons (Fsp3) is 0.133. The molecule has 0 spiro atoms. The van der Waals surface area contributed by atoms with Gasteiger partial charge in [-0.15, -0.1) is 0 Å². The number of carbonyl (C=O) groups excluding carboxylic acids is 2. The van der Waals surface area contributed by atoms with Crippen molar-refractivity contribution >= 4 is 11.9 Å². The van der Waals surface area contributed by atoms with Crippen LogP contribution < -0.4 is 9.47 Å². The van der Waals surface area contributed by atoms with E-state index in [1.165, 1.54) is 25.3 Å². The lowest BCUT2D eigenvalue weighted by Gasteiger charge is -2.05. The fourth-order valence-electron chi connectivity index (χ4n) is 1.57. The summed E-state index contributed by atoms with van der Waals surface area (Å²) in [6.45, 7) is 0. The maximum atomic E-state index is 12.0. The van der Waals surface area contributed by atoms with E-state index in [4.69, 9.17) is 9.47 Å². The Morgan fingerprint density at radius 1 is 0.857 bits per heavy atom. The van der Waals surface area contributed by atoms with Crippen LogP contribution in [0.15, 0.2) is 42.5 Å². The number of hydrogen-bond donors (Lipinski definition) is 0. The summed E-state index contributed by atoms with van der Waals surface area (Å²) in [6, 6.07) is 11.0. The second-order valence-electron chi connectivity index (χ2n) is 3.96. The van der Waals surface area contributed by atoms with Crippen molar-refractivity contribution in [3.63, 3.8) is 0 Å². The molecule has 1 aromatic heterocycles. The number of ether oxygens (including phenoxy) is 3. The molecular weight excluding hydrogens is 274 g/mol. The van der Waals surface area contributed by atoms with Gasteiger partial charge < -0.3 is 14.2 Å². The number of benzene rings is 1. The number of rotatable bonds is 4. The summed E-state index contributed by atoms with van der Waals surface area (Å²) < 4.78 is 14.7. The van der Waals surface area contributed by atoms with Gasteiger partial charge in [0.15, 0.2) is 0 Å². The van der Waals surface area contributed by atoms with Crippen LogP contribution in [-0.4, -0.2) is 31.1 Å². The normalized spacial score (nSPS) is 9.81. The van der Waals surface area contributed by atoms with Crippen molar-refractivity contribution in [1.82, 2.24) is 4.98 Å². The predicted octanol–water partition coefficient (Wildman–Crippen LogP) is 2.10. The van der Waals surface area contributed by atoms with Crippen LogP contribution in [0.3, 0.4) is 0 Å². The highest BCUT2D eigenvalue weighted by atomic mass is 16.5. The summed E-state index contributed by atoms with van der Waals surface area (Å²) in [5.41, 5.74) is 0.0652. The summed E-state index contributed by atoms with van der Waals surface area (Å²) in [4.78, 5) is 27.2. The van der Waals surface area contributed by atoms with Crippen molar-refractivity contribution in [2.75, 3.05) is 14.2 Å². The SMILES string of the molecule is COC(=O)c1cccc(C(=O)Oc2ccc(OC)cc2)n1. The predicted molar refractivity (Wildman–Crippen MR) is 73.5 cm³/mol. The van der Waals surface area contributed by atoms with Crippen LogP contribution in [-0.2, 0) is 4.74 Å². The third-order valence-corrected chi connectivity index (χ3v) is 2.62. The monoisotopic (exact) mass is 287 g/mol. The second kappa shape index (κ2) is 6.51. The molecule has 21 heavy (non-hydrogen) atoms. The lowest BCUT2D eigenvalue weighted by Crippen LogP contribution is -2.13. The number of pyridine rings is 1. The van der Waals surface area contributed by atoms with Crippen molar-refractivity contribution in [2.45, 2.75) is 0 Å². The molecule has 0 aliphatic heterocycles. The largest absolute Gasteiger partial charge is 0.497 e. The zero-order valence-electron chi connectivity index (χ0n) is 11.5. The van der Waals surface area contributed by atoms with E-state index in [0.29, 0.717) is 11.5 Å². The van der Waals surface area contributed by atoms with Crippen LogP contribution in [0.25, 0.3) is 0 Å². The summed E-state index contributed by atoms with van der Waals surface area (Å²) >= 11 is 0. The molecule has 2 rings (SSSR count). The quantitative estimate of drug-likeness (QED) is 0.633. The van der Waals surface area contributed by atoms with Gasteiger partial charge in [-0.3, -0.25) is 0 Å². The number of aromatic nitrogens is 1. The van der Waals surface area contributed by atoms with Gasteiger partial charge in [-0.1, -0.05) is 6.07 Å². The van der Waals surface area contributed by atoms with Crippen LogP contribution in [0.1, 0.15) is 21.0 Å². The van der Waals surface area contributed by atoms with Crippen LogP contribution >= 0.6 is 0 Å². The highest BCUT2D eigenvalue weighted by Crippen LogP contribution is 2.18. The van der Waals surface area contributed by atoms with Gasteiger partial charge >= 0.3 is 11.9 Å². The summed E-state index contributed by atoms with van der Waals surface area (Å²) in [5.74, 6) is -0.272. The topological polar surface area (TPSA) is 74.7 Å². The van der Waals surface area contributed by atoms with Gasteiger partial charge in [0.25, 0.3) is 0 Å². The number of methoxy groups -OCH3 is 2. The van der Waals surface area contributed by atoms with E-state index in [0.717, 1.165) is 0 Å². The molecule has 2 aromatic rings. The molecule has 6 heteroatoms. The molecule has 0 unspecified atom stereocenters. The van der Waals surface area contributed by atoms with Crippen LogP contribution in [0.4, 0.5) is 0 Å². The van der Waals surface area contributed by atoms with Crippen molar-refractivity contribution in [2.24, 2.45) is 0 Å². The smallest absolute Gasteiger partial charge is 0.362 e. The molecule has 1 heterocycles. The minimum Gasteiger partial charge on any atom is -0.497 e. The van der Waals surface area contributed by atoms with Crippen molar-refractivity contribution in [3.05, 3.63) is 53.9 Å². The number of carbonyl (C=O) groups is 2. The molecule has 0 aliphatic rings. The zero-order valence-corrected chi connectivity index (χ0v) is 11.5. The van der Waals surface area contributed by atoms with E-state index in [-0.39, 0.29) is 11.4 Å². The molecule has 0 atom stereocenters. The Morgan fingerprint density at radius 2 is 1.43 bits per heavy atom. The van der Waals surface area contributed by atoms with E-state index in [1.54, 1.807) is 31.4 Å². The molecule has 0 saturated heterocycles. The molecular formula is C15H13NO5. The average molecular weight is 287 g/mol. The Hall–Kier alpha value is -2.89. The molecule has 0 aliphatic carbocycles. The average Bonchev–Trinajstić information content (AvgIpc) is 2.55. The zero-order chi connectivity index (χ0) is 15.2. The Morgan fingerprint density at radius 3 is 2.00 bits per heavy atom. The van der Waals surface area contributed by atoms with E-state index in [1.807, 2.05) is 0 Å². The lowest BCUT2D eigenvalue weighted by molar-refractivity contribution is 0.0593. The van der Waals surface area contributed by atoms with E-state index in [2.05, 4.69) is 9.72 Å². The molecule has 0 fully saturated rings. The Bertz CT molecular complexity index is 651. The van der Waals surface area contributed by atoms with Gasteiger partial charge in [0.05, 0.1) is 14.2 Å². The lowest BCUT2D eigenvalue weighted by atomic mass is 10.3. The maximum absolute atomic E-state index is 12.0. The maximum Gasteiger partial charge on any atom is 0.362 e. The van der Waals surface area contributed by atoms with Gasteiger partial charge in [-0.2, -0.15) is 0 Å². The van der Waals surface area contributed by atoms with Gasteiger partial charge in [-0.25, -0.2) is 14.6 Å². The second-order valence-corrected chi connectivity index (χ2v) is 3.96. The molecule has 108 valence electrons. The summed E-state index contributed by atoms with van der Waals surface area (Å²) in [6.07, 6.45) is 0. The van der Waals surface area contributed by atoms with Crippen LogP contribution in [0, 0.1) is 0 Å². The standard InChI is InChI=1S/C15H13NO5/c1-19-10-6-8-11(9-7-10)21-15(18)13-5-3-4-12(16-13)14(17)20-2/h3-9H,1-2H3. The van der Waals surface area contributed by atoms with Gasteiger partial charge in [0.2, 0.25) is 0 Å². The highest BCUT2D eigenvalue weighted by Gasteiger charge is 2.14. The van der Waals surface area contributed by atoms with E-state index < -0.39 is 11.9 Å². The first-order chi connectivity index (χ1) is 10.1. The minimum absolute atomic E-state index is 0.0220. The molecule has 0 saturated carbocycles. The first-order valence-electron chi connectivity index (χ1n) is 6.05. The molecule has 0 amide bonds. The summed E-state index contributed by atoms with van der Waals surface area (Å²) in [5, 5.41) is 0. The third kappa shape index (κ3) is 3.56. The highest BCUT2D eigenvalue weighted by molar-refractivity contribution is 5.92. The molecule has 0 bridgehead atoms. The van der Waals surface area contributed by atoms with Crippen molar-refractivity contribution < 1.29 is 23.8 Å². The Labute approximate surface area is 121 Å². The van der Waals surface area contributed by atoms with Gasteiger partial charge in [-0.05, 0) is 36.4 Å². The van der Waals surface area contributed by atoms with E-state index >= 15 is 0 Å². The van der Waals surface area contributed by atoms with Gasteiger partial charge in [0.1, 0.15) is 22.9 Å². The van der Waals surface area contributed by atoms with Crippen molar-refractivity contribution in [3.8, 4) is 11.5 Å². The summed E-state index contributed by atoms with van der Waals surface area (Å²) in [7, 11) is 2.79. The molecule has 0 N–H and O–H groups in total. The number of esters is 2.